The number of aromatic nitrogens is 1. The lowest BCUT2D eigenvalue weighted by atomic mass is 9.98. The first-order chi connectivity index (χ1) is 8.45. The maximum atomic E-state index is 11.2. The van der Waals surface area contributed by atoms with Crippen LogP contribution in [0.5, 0.6) is 0 Å². The molecular weight excluding hydrogens is 226 g/mol. The highest BCUT2D eigenvalue weighted by Crippen LogP contribution is 2.30. The smallest absolute Gasteiger partial charge is 0.335 e. The summed E-state index contributed by atoms with van der Waals surface area (Å²) in [5.41, 5.74) is 3.85. The van der Waals surface area contributed by atoms with Gasteiger partial charge in [-0.1, -0.05) is 20.8 Å². The summed E-state index contributed by atoms with van der Waals surface area (Å²) in [7, 11) is 2.02. The van der Waals surface area contributed by atoms with Gasteiger partial charge in [-0.3, -0.25) is 0 Å². The molecule has 1 heterocycles. The monoisotopic (exact) mass is 245 g/mol. The van der Waals surface area contributed by atoms with Gasteiger partial charge in [-0.05, 0) is 35.6 Å². The van der Waals surface area contributed by atoms with E-state index in [-0.39, 0.29) is 0 Å². The van der Waals surface area contributed by atoms with E-state index in [2.05, 4.69) is 31.5 Å². The molecule has 18 heavy (non-hydrogen) atoms. The largest absolute Gasteiger partial charge is 0.478 e. The predicted octanol–water partition coefficient (Wildman–Crippen LogP) is 3.56. The Bertz CT molecular complexity index is 608. The Morgan fingerprint density at radius 1 is 1.39 bits per heavy atom. The van der Waals surface area contributed by atoms with Crippen LogP contribution in [0.15, 0.2) is 18.3 Å². The van der Waals surface area contributed by atoms with Crippen molar-refractivity contribution in [2.24, 2.45) is 7.05 Å². The van der Waals surface area contributed by atoms with Crippen LogP contribution in [0.2, 0.25) is 0 Å². The first kappa shape index (κ1) is 12.7. The zero-order valence-electron chi connectivity index (χ0n) is 11.3. The molecule has 96 valence electrons. The van der Waals surface area contributed by atoms with Crippen LogP contribution in [-0.4, -0.2) is 15.6 Å². The van der Waals surface area contributed by atoms with Crippen LogP contribution in [0, 0.1) is 0 Å². The van der Waals surface area contributed by atoms with Gasteiger partial charge in [-0.25, -0.2) is 4.79 Å². The fourth-order valence-electron chi connectivity index (χ4n) is 2.53. The van der Waals surface area contributed by atoms with E-state index < -0.39 is 5.97 Å². The predicted molar refractivity (Wildman–Crippen MR) is 73.3 cm³/mol. The SMILES string of the molecule is CCc1cc(C(=O)O)cc2c(C(C)C)cn(C)c12. The number of hydrogen-bond acceptors (Lipinski definition) is 1. The van der Waals surface area contributed by atoms with E-state index >= 15 is 0 Å². The molecule has 0 aliphatic rings. The molecule has 0 amide bonds. The van der Waals surface area contributed by atoms with Crippen molar-refractivity contribution in [2.75, 3.05) is 0 Å². The standard InChI is InChI=1S/C15H19NO2/c1-5-10-6-11(15(17)18)7-12-13(9(2)3)8-16(4)14(10)12/h6-9H,5H2,1-4H3,(H,17,18). The van der Waals surface area contributed by atoms with E-state index in [0.717, 1.165) is 22.9 Å². The van der Waals surface area contributed by atoms with Gasteiger partial charge in [0.05, 0.1) is 11.1 Å². The minimum atomic E-state index is -0.856. The van der Waals surface area contributed by atoms with Gasteiger partial charge < -0.3 is 9.67 Å². The number of hydrogen-bond donors (Lipinski definition) is 1. The summed E-state index contributed by atoms with van der Waals surface area (Å²) in [5, 5.41) is 10.3. The number of nitrogens with zero attached hydrogens (tertiary/aromatic N) is 1. The van der Waals surface area contributed by atoms with Crippen LogP contribution < -0.4 is 0 Å². The van der Waals surface area contributed by atoms with Crippen LogP contribution in [-0.2, 0) is 13.5 Å². The first-order valence-corrected chi connectivity index (χ1v) is 6.30. The average molecular weight is 245 g/mol. The number of aryl methyl sites for hydroxylation is 2. The van der Waals surface area contributed by atoms with Crippen LogP contribution >= 0.6 is 0 Å². The minimum absolute atomic E-state index is 0.382. The number of carboxylic acids is 1. The summed E-state index contributed by atoms with van der Waals surface area (Å²) in [6.07, 6.45) is 2.95. The first-order valence-electron chi connectivity index (χ1n) is 6.30. The molecule has 0 atom stereocenters. The summed E-state index contributed by atoms with van der Waals surface area (Å²) in [5.74, 6) is -0.465. The quantitative estimate of drug-likeness (QED) is 0.898. The van der Waals surface area contributed by atoms with Crippen molar-refractivity contribution >= 4 is 16.9 Å². The van der Waals surface area contributed by atoms with Crippen molar-refractivity contribution in [3.8, 4) is 0 Å². The Hall–Kier alpha value is -1.77. The third-order valence-electron chi connectivity index (χ3n) is 3.44. The molecule has 0 saturated heterocycles. The van der Waals surface area contributed by atoms with E-state index in [1.807, 2.05) is 7.05 Å². The highest BCUT2D eigenvalue weighted by molar-refractivity contribution is 5.96. The van der Waals surface area contributed by atoms with Gasteiger partial charge in [0, 0.05) is 18.6 Å². The second kappa shape index (κ2) is 4.48. The highest BCUT2D eigenvalue weighted by atomic mass is 16.4. The Morgan fingerprint density at radius 2 is 2.06 bits per heavy atom. The fourth-order valence-corrected chi connectivity index (χ4v) is 2.53. The Kier molecular flexibility index (Phi) is 3.16. The van der Waals surface area contributed by atoms with Gasteiger partial charge in [0.1, 0.15) is 0 Å². The molecule has 3 heteroatoms. The van der Waals surface area contributed by atoms with Crippen LogP contribution in [0.3, 0.4) is 0 Å². The molecule has 0 fully saturated rings. The van der Waals surface area contributed by atoms with Gasteiger partial charge in [0.15, 0.2) is 0 Å². The van der Waals surface area contributed by atoms with Crippen molar-refractivity contribution in [2.45, 2.75) is 33.1 Å². The molecule has 1 aromatic heterocycles. The van der Waals surface area contributed by atoms with Crippen molar-refractivity contribution in [3.05, 3.63) is 35.0 Å². The lowest BCUT2D eigenvalue weighted by Gasteiger charge is -2.07. The van der Waals surface area contributed by atoms with Gasteiger partial charge in [0.25, 0.3) is 0 Å². The molecule has 1 aromatic carbocycles. The molecular formula is C15H19NO2. The Morgan fingerprint density at radius 3 is 2.56 bits per heavy atom. The molecule has 2 aromatic rings. The minimum Gasteiger partial charge on any atom is -0.478 e. The summed E-state index contributed by atoms with van der Waals surface area (Å²) in [4.78, 5) is 11.2. The maximum Gasteiger partial charge on any atom is 0.335 e. The number of carboxylic acid groups (broad SMARTS) is 1. The van der Waals surface area contributed by atoms with E-state index in [0.29, 0.717) is 11.5 Å². The van der Waals surface area contributed by atoms with Gasteiger partial charge in [0.2, 0.25) is 0 Å². The van der Waals surface area contributed by atoms with Crippen LogP contribution in [0.25, 0.3) is 10.9 Å². The summed E-state index contributed by atoms with van der Waals surface area (Å²) >= 11 is 0. The topological polar surface area (TPSA) is 42.2 Å². The number of benzene rings is 1. The van der Waals surface area contributed by atoms with Crippen molar-refractivity contribution in [3.63, 3.8) is 0 Å². The summed E-state index contributed by atoms with van der Waals surface area (Å²) in [6, 6.07) is 3.58. The van der Waals surface area contributed by atoms with Crippen molar-refractivity contribution < 1.29 is 9.90 Å². The zero-order chi connectivity index (χ0) is 13.4. The van der Waals surface area contributed by atoms with Gasteiger partial charge in [-0.15, -0.1) is 0 Å². The van der Waals surface area contributed by atoms with Gasteiger partial charge in [-0.2, -0.15) is 0 Å². The van der Waals surface area contributed by atoms with E-state index in [1.165, 1.54) is 5.56 Å². The molecule has 0 aliphatic carbocycles. The highest BCUT2D eigenvalue weighted by Gasteiger charge is 2.15. The van der Waals surface area contributed by atoms with Gasteiger partial charge >= 0.3 is 5.97 Å². The third kappa shape index (κ3) is 1.90. The summed E-state index contributed by atoms with van der Waals surface area (Å²) < 4.78 is 2.11. The second-order valence-electron chi connectivity index (χ2n) is 5.04. The average Bonchev–Trinajstić information content (AvgIpc) is 2.66. The normalized spacial score (nSPS) is 11.4. The number of carbonyl (C=O) groups is 1. The van der Waals surface area contributed by atoms with E-state index in [4.69, 9.17) is 0 Å². The molecule has 0 spiro atoms. The molecule has 0 radical (unpaired) electrons. The lowest BCUT2D eigenvalue weighted by molar-refractivity contribution is 0.0697. The zero-order valence-corrected chi connectivity index (χ0v) is 11.3. The van der Waals surface area contributed by atoms with Crippen molar-refractivity contribution in [1.82, 2.24) is 4.57 Å². The van der Waals surface area contributed by atoms with Crippen LogP contribution in [0.1, 0.15) is 48.2 Å². The number of rotatable bonds is 3. The molecule has 0 bridgehead atoms. The fraction of sp³-hybridized carbons (Fsp3) is 0.400. The van der Waals surface area contributed by atoms with E-state index in [1.54, 1.807) is 12.1 Å². The number of fused-ring (bicyclic) bond motifs is 1. The van der Waals surface area contributed by atoms with Crippen molar-refractivity contribution in [1.29, 1.82) is 0 Å². The van der Waals surface area contributed by atoms with Crippen LogP contribution in [0.4, 0.5) is 0 Å². The summed E-state index contributed by atoms with van der Waals surface area (Å²) in [6.45, 7) is 6.32. The lowest BCUT2D eigenvalue weighted by Crippen LogP contribution is -1.99. The Labute approximate surface area is 107 Å². The second-order valence-corrected chi connectivity index (χ2v) is 5.04. The van der Waals surface area contributed by atoms with E-state index in [9.17, 15) is 9.90 Å². The molecule has 0 aliphatic heterocycles. The molecule has 2 rings (SSSR count). The molecule has 1 N–H and O–H groups in total. The third-order valence-corrected chi connectivity index (χ3v) is 3.44. The number of aromatic carboxylic acids is 1. The molecule has 3 nitrogen and oxygen atoms in total. The maximum absolute atomic E-state index is 11.2. The Balaban J connectivity index is 2.85. The molecule has 0 saturated carbocycles. The molecule has 0 unspecified atom stereocenters.